The summed E-state index contributed by atoms with van der Waals surface area (Å²) in [6, 6.07) is 7.81. The number of halogens is 3. The van der Waals surface area contributed by atoms with Crippen LogP contribution in [0.1, 0.15) is 37.4 Å². The van der Waals surface area contributed by atoms with Crippen molar-refractivity contribution in [2.24, 2.45) is 5.92 Å². The van der Waals surface area contributed by atoms with Crippen molar-refractivity contribution in [3.8, 4) is 6.07 Å². The first-order chi connectivity index (χ1) is 15.5. The molecule has 0 aliphatic carbocycles. The van der Waals surface area contributed by atoms with Crippen LogP contribution >= 0.6 is 0 Å². The third-order valence-electron chi connectivity index (χ3n) is 5.78. The number of likely N-dealkylation sites (tertiary alicyclic amines) is 1. The number of carbonyl (C=O) groups excluding carboxylic acids is 1. The number of nitriles is 1. The lowest BCUT2D eigenvalue weighted by atomic mass is 9.98. The average molecular weight is 483 g/mol. The van der Waals surface area contributed by atoms with Crippen LogP contribution in [0.2, 0.25) is 0 Å². The third-order valence-corrected chi connectivity index (χ3v) is 7.31. The van der Waals surface area contributed by atoms with E-state index in [1.54, 1.807) is 27.8 Å². The van der Waals surface area contributed by atoms with E-state index < -0.39 is 38.6 Å². The summed E-state index contributed by atoms with van der Waals surface area (Å²) in [6.07, 6.45) is -1.75. The molecule has 2 aromatic rings. The van der Waals surface area contributed by atoms with Crippen LogP contribution in [0.25, 0.3) is 0 Å². The first-order valence-corrected chi connectivity index (χ1v) is 12.0. The molecule has 1 saturated heterocycles. The topological polar surface area (TPSA) is 95.2 Å². The highest BCUT2D eigenvalue weighted by Gasteiger charge is 2.38. The van der Waals surface area contributed by atoms with Gasteiger partial charge in [-0.2, -0.15) is 23.2 Å². The number of aromatic nitrogens is 1. The van der Waals surface area contributed by atoms with E-state index in [1.165, 1.54) is 6.07 Å². The Labute approximate surface area is 190 Å². The third kappa shape index (κ3) is 5.94. The first-order valence-electron chi connectivity index (χ1n) is 10.6. The molecule has 178 valence electrons. The Kier molecular flexibility index (Phi) is 7.49. The van der Waals surface area contributed by atoms with Crippen molar-refractivity contribution in [1.29, 1.82) is 5.26 Å². The number of piperidine rings is 1. The molecular weight excluding hydrogens is 457 g/mol. The summed E-state index contributed by atoms with van der Waals surface area (Å²) in [4.78, 5) is 13.8. The van der Waals surface area contributed by atoms with Crippen LogP contribution in [0.5, 0.6) is 0 Å². The van der Waals surface area contributed by atoms with Gasteiger partial charge in [0.15, 0.2) is 0 Å². The minimum Gasteiger partial charge on any atom is -0.341 e. The number of rotatable bonds is 7. The molecule has 33 heavy (non-hydrogen) atoms. The van der Waals surface area contributed by atoms with Gasteiger partial charge in [-0.3, -0.25) is 4.79 Å². The van der Waals surface area contributed by atoms with Crippen LogP contribution in [0.3, 0.4) is 0 Å². The number of aryl methyl sites for hydroxylation is 1. The second-order valence-corrected chi connectivity index (χ2v) is 9.85. The molecule has 1 aliphatic heterocycles. The number of sulfonamides is 1. The number of nitrogens with zero attached hydrogens (tertiary/aromatic N) is 3. The van der Waals surface area contributed by atoms with Crippen LogP contribution in [0.15, 0.2) is 47.5 Å². The molecule has 1 aromatic heterocycles. The number of benzene rings is 1. The SMILES string of the molecule is CC1CCN(C(=O)C(CCn2cccc2C#N)NS(=O)(=O)c2ccccc2C(F)(F)F)CC1. The summed E-state index contributed by atoms with van der Waals surface area (Å²) in [5.41, 5.74) is -0.967. The van der Waals surface area contributed by atoms with Crippen LogP contribution in [0, 0.1) is 17.2 Å². The van der Waals surface area contributed by atoms with E-state index >= 15 is 0 Å². The molecule has 0 spiro atoms. The van der Waals surface area contributed by atoms with Gasteiger partial charge in [0.1, 0.15) is 17.8 Å². The number of nitrogens with one attached hydrogen (secondary N) is 1. The number of carbonyl (C=O) groups is 1. The fraction of sp³-hybridized carbons (Fsp3) is 0.455. The molecule has 1 aromatic carbocycles. The molecule has 11 heteroatoms. The summed E-state index contributed by atoms with van der Waals surface area (Å²) in [5.74, 6) is -0.0541. The Morgan fingerprint density at radius 1 is 1.21 bits per heavy atom. The van der Waals surface area contributed by atoms with E-state index in [0.717, 1.165) is 25.0 Å². The summed E-state index contributed by atoms with van der Waals surface area (Å²) < 4.78 is 70.0. The Morgan fingerprint density at radius 2 is 1.88 bits per heavy atom. The second kappa shape index (κ2) is 9.97. The van der Waals surface area contributed by atoms with Crippen LogP contribution in [0.4, 0.5) is 13.2 Å². The van der Waals surface area contributed by atoms with E-state index in [2.05, 4.69) is 11.6 Å². The van der Waals surface area contributed by atoms with Crippen molar-refractivity contribution in [2.45, 2.75) is 49.8 Å². The Hall–Kier alpha value is -2.84. The molecule has 1 fully saturated rings. The minimum absolute atomic E-state index is 0.0261. The molecule has 1 amide bonds. The largest absolute Gasteiger partial charge is 0.417 e. The maximum absolute atomic E-state index is 13.4. The quantitative estimate of drug-likeness (QED) is 0.655. The van der Waals surface area contributed by atoms with E-state index in [1.807, 2.05) is 6.07 Å². The molecule has 1 unspecified atom stereocenters. The number of amides is 1. The highest BCUT2D eigenvalue weighted by atomic mass is 32.2. The van der Waals surface area contributed by atoms with Gasteiger partial charge in [0.25, 0.3) is 0 Å². The molecule has 0 radical (unpaired) electrons. The van der Waals surface area contributed by atoms with Gasteiger partial charge >= 0.3 is 6.18 Å². The van der Waals surface area contributed by atoms with Gasteiger partial charge in [-0.25, -0.2) is 8.42 Å². The predicted octanol–water partition coefficient (Wildman–Crippen LogP) is 3.37. The molecule has 1 aliphatic rings. The van der Waals surface area contributed by atoms with Gasteiger partial charge in [-0.05, 0) is 49.4 Å². The van der Waals surface area contributed by atoms with E-state index in [-0.39, 0.29) is 13.0 Å². The van der Waals surface area contributed by atoms with Crippen LogP contribution < -0.4 is 4.72 Å². The van der Waals surface area contributed by atoms with Crippen molar-refractivity contribution in [2.75, 3.05) is 13.1 Å². The monoisotopic (exact) mass is 482 g/mol. The molecule has 7 nitrogen and oxygen atoms in total. The smallest absolute Gasteiger partial charge is 0.341 e. The normalized spacial score (nSPS) is 16.4. The van der Waals surface area contributed by atoms with Crippen molar-refractivity contribution in [1.82, 2.24) is 14.2 Å². The zero-order valence-corrected chi connectivity index (χ0v) is 18.9. The number of alkyl halides is 3. The molecule has 1 atom stereocenters. The molecule has 3 rings (SSSR count). The summed E-state index contributed by atoms with van der Waals surface area (Å²) >= 11 is 0. The Bertz CT molecular complexity index is 1130. The summed E-state index contributed by atoms with van der Waals surface area (Å²) in [6.45, 7) is 3.10. The lowest BCUT2D eigenvalue weighted by Crippen LogP contribution is -2.51. The van der Waals surface area contributed by atoms with Crippen molar-refractivity contribution in [3.63, 3.8) is 0 Å². The molecule has 2 heterocycles. The maximum atomic E-state index is 13.4. The lowest BCUT2D eigenvalue weighted by molar-refractivity contribution is -0.139. The molecule has 1 N–H and O–H groups in total. The predicted molar refractivity (Wildman–Crippen MR) is 114 cm³/mol. The van der Waals surface area contributed by atoms with E-state index in [0.29, 0.717) is 30.8 Å². The van der Waals surface area contributed by atoms with Crippen molar-refractivity contribution < 1.29 is 26.4 Å². The van der Waals surface area contributed by atoms with Gasteiger partial charge in [0.2, 0.25) is 15.9 Å². The maximum Gasteiger partial charge on any atom is 0.417 e. The van der Waals surface area contributed by atoms with Gasteiger partial charge < -0.3 is 9.47 Å². The van der Waals surface area contributed by atoms with Gasteiger partial charge in [0.05, 0.1) is 10.5 Å². The van der Waals surface area contributed by atoms with Gasteiger partial charge in [-0.1, -0.05) is 19.1 Å². The van der Waals surface area contributed by atoms with Crippen molar-refractivity contribution in [3.05, 3.63) is 53.9 Å². The zero-order chi connectivity index (χ0) is 24.2. The minimum atomic E-state index is -4.87. The second-order valence-electron chi connectivity index (χ2n) is 8.16. The Morgan fingerprint density at radius 3 is 2.52 bits per heavy atom. The molecule has 0 saturated carbocycles. The fourth-order valence-corrected chi connectivity index (χ4v) is 5.30. The first kappa shape index (κ1) is 24.8. The summed E-state index contributed by atoms with van der Waals surface area (Å²) in [5, 5.41) is 9.19. The van der Waals surface area contributed by atoms with Gasteiger partial charge in [-0.15, -0.1) is 0 Å². The standard InChI is InChI=1S/C22H25F3N4O3S/c1-16-8-12-29(13-9-16)21(30)19(10-14-28-11-4-5-17(28)15-26)27-33(31,32)20-7-3-2-6-18(20)22(23,24)25/h2-7,11,16,19,27H,8-10,12-14H2,1H3. The highest BCUT2D eigenvalue weighted by molar-refractivity contribution is 7.89. The molecular formula is C22H25F3N4O3S. The average Bonchev–Trinajstić information content (AvgIpc) is 3.23. The lowest BCUT2D eigenvalue weighted by Gasteiger charge is -2.33. The summed E-state index contributed by atoms with van der Waals surface area (Å²) in [7, 11) is -4.67. The van der Waals surface area contributed by atoms with Crippen LogP contribution in [-0.2, 0) is 27.5 Å². The number of hydrogen-bond acceptors (Lipinski definition) is 4. The fourth-order valence-electron chi connectivity index (χ4n) is 3.85. The van der Waals surface area contributed by atoms with E-state index in [4.69, 9.17) is 0 Å². The van der Waals surface area contributed by atoms with Crippen LogP contribution in [-0.4, -0.2) is 42.9 Å². The number of hydrogen-bond donors (Lipinski definition) is 1. The van der Waals surface area contributed by atoms with Gasteiger partial charge in [0, 0.05) is 25.8 Å². The molecule has 0 bridgehead atoms. The van der Waals surface area contributed by atoms with Crippen molar-refractivity contribution >= 4 is 15.9 Å². The highest BCUT2D eigenvalue weighted by Crippen LogP contribution is 2.34. The Balaban J connectivity index is 1.89. The van der Waals surface area contributed by atoms with E-state index in [9.17, 15) is 31.6 Å². The zero-order valence-electron chi connectivity index (χ0n) is 18.0.